The molecule has 7 nitrogen and oxygen atoms in total. The summed E-state index contributed by atoms with van der Waals surface area (Å²) < 4.78 is 5.11. The Hall–Kier alpha value is -3.22. The van der Waals surface area contributed by atoms with Crippen LogP contribution in [-0.4, -0.2) is 22.9 Å². The van der Waals surface area contributed by atoms with E-state index in [1.807, 2.05) is 37.3 Å². The number of carbonyl (C=O) groups is 2. The summed E-state index contributed by atoms with van der Waals surface area (Å²) in [5.74, 6) is -1.14. The van der Waals surface area contributed by atoms with Gasteiger partial charge in [-0.3, -0.25) is 14.9 Å². The lowest BCUT2D eigenvalue weighted by atomic mass is 10.1. The van der Waals surface area contributed by atoms with Gasteiger partial charge < -0.3 is 10.1 Å². The highest BCUT2D eigenvalue weighted by atomic mass is 16.6. The molecule has 0 fully saturated rings. The molecule has 0 heterocycles. The molecular weight excluding hydrogens is 324 g/mol. The van der Waals surface area contributed by atoms with Crippen LogP contribution in [0.15, 0.2) is 54.6 Å². The van der Waals surface area contributed by atoms with Crippen LogP contribution >= 0.6 is 0 Å². The van der Waals surface area contributed by atoms with Crippen molar-refractivity contribution < 1.29 is 19.2 Å². The molecule has 0 aliphatic carbocycles. The van der Waals surface area contributed by atoms with Gasteiger partial charge in [0.1, 0.15) is 0 Å². The summed E-state index contributed by atoms with van der Waals surface area (Å²) in [6, 6.07) is 14.2. The molecule has 130 valence electrons. The number of nitrogens with one attached hydrogen (secondary N) is 1. The number of carbonyl (C=O) groups excluding carboxylic acids is 2. The highest BCUT2D eigenvalue weighted by Crippen LogP contribution is 2.14. The number of esters is 1. The van der Waals surface area contributed by atoms with Crippen molar-refractivity contribution in [2.45, 2.75) is 26.0 Å². The molecule has 1 N–H and O–H groups in total. The summed E-state index contributed by atoms with van der Waals surface area (Å²) in [6.45, 7) is 3.30. The number of hydrogen-bond acceptors (Lipinski definition) is 5. The van der Waals surface area contributed by atoms with E-state index < -0.39 is 22.9 Å². The van der Waals surface area contributed by atoms with Crippen LogP contribution in [0.25, 0.3) is 0 Å². The zero-order valence-corrected chi connectivity index (χ0v) is 13.8. The van der Waals surface area contributed by atoms with E-state index in [9.17, 15) is 19.7 Å². The van der Waals surface area contributed by atoms with Gasteiger partial charge in [0.05, 0.1) is 16.5 Å². The van der Waals surface area contributed by atoms with Crippen molar-refractivity contribution in [2.75, 3.05) is 0 Å². The maximum Gasteiger partial charge on any atom is 0.338 e. The lowest BCUT2D eigenvalue weighted by Crippen LogP contribution is -2.37. The van der Waals surface area contributed by atoms with E-state index in [-0.39, 0.29) is 17.3 Å². The van der Waals surface area contributed by atoms with Gasteiger partial charge >= 0.3 is 5.97 Å². The van der Waals surface area contributed by atoms with Crippen LogP contribution in [-0.2, 0) is 9.53 Å². The molecule has 2 aromatic rings. The molecule has 0 radical (unpaired) electrons. The van der Waals surface area contributed by atoms with E-state index in [2.05, 4.69) is 5.32 Å². The summed E-state index contributed by atoms with van der Waals surface area (Å²) in [4.78, 5) is 34.2. The molecule has 2 atom stereocenters. The Balaban J connectivity index is 1.93. The Morgan fingerprint density at radius 2 is 1.64 bits per heavy atom. The first-order valence-corrected chi connectivity index (χ1v) is 7.69. The smallest absolute Gasteiger partial charge is 0.338 e. The lowest BCUT2D eigenvalue weighted by Gasteiger charge is -2.18. The largest absolute Gasteiger partial charge is 0.449 e. The zero-order chi connectivity index (χ0) is 18.4. The highest BCUT2D eigenvalue weighted by molar-refractivity contribution is 5.92. The van der Waals surface area contributed by atoms with Crippen molar-refractivity contribution >= 4 is 17.6 Å². The number of benzene rings is 2. The van der Waals surface area contributed by atoms with Crippen molar-refractivity contribution in [3.8, 4) is 0 Å². The van der Waals surface area contributed by atoms with E-state index in [1.54, 1.807) is 0 Å². The number of nitrogens with zero attached hydrogens (tertiary/aromatic N) is 1. The number of nitro benzene ring substituents is 1. The topological polar surface area (TPSA) is 98.5 Å². The second kappa shape index (κ2) is 8.05. The minimum absolute atomic E-state index is 0.126. The van der Waals surface area contributed by atoms with Gasteiger partial charge in [-0.2, -0.15) is 0 Å². The minimum atomic E-state index is -0.992. The Kier molecular flexibility index (Phi) is 5.84. The Morgan fingerprint density at radius 3 is 2.20 bits per heavy atom. The maximum atomic E-state index is 12.2. The molecule has 7 heteroatoms. The SMILES string of the molecule is CC(OC(=O)c1ccc([N+](=O)[O-])cc1)C(=O)NC(C)c1ccccc1. The fraction of sp³-hybridized carbons (Fsp3) is 0.222. The first kappa shape index (κ1) is 18.1. The molecule has 2 aromatic carbocycles. The van der Waals surface area contributed by atoms with Crippen LogP contribution in [0.2, 0.25) is 0 Å². The second-order valence-electron chi connectivity index (χ2n) is 5.49. The van der Waals surface area contributed by atoms with Crippen molar-refractivity contribution in [1.29, 1.82) is 0 Å². The minimum Gasteiger partial charge on any atom is -0.449 e. The maximum absolute atomic E-state index is 12.2. The first-order valence-electron chi connectivity index (χ1n) is 7.69. The average molecular weight is 342 g/mol. The quantitative estimate of drug-likeness (QED) is 0.494. The zero-order valence-electron chi connectivity index (χ0n) is 13.8. The Morgan fingerprint density at radius 1 is 1.04 bits per heavy atom. The van der Waals surface area contributed by atoms with Crippen molar-refractivity contribution in [2.24, 2.45) is 0 Å². The molecule has 2 unspecified atom stereocenters. The van der Waals surface area contributed by atoms with Crippen LogP contribution < -0.4 is 5.32 Å². The third-order valence-electron chi connectivity index (χ3n) is 3.63. The van der Waals surface area contributed by atoms with Crippen LogP contribution in [0.1, 0.15) is 35.8 Å². The van der Waals surface area contributed by atoms with E-state index in [0.717, 1.165) is 5.56 Å². The molecule has 0 spiro atoms. The van der Waals surface area contributed by atoms with Gasteiger partial charge in [0.2, 0.25) is 0 Å². The average Bonchev–Trinajstić information content (AvgIpc) is 2.62. The summed E-state index contributed by atoms with van der Waals surface area (Å²) in [7, 11) is 0. The Labute approximate surface area is 144 Å². The Bertz CT molecular complexity index is 759. The summed E-state index contributed by atoms with van der Waals surface area (Å²) in [5, 5.41) is 13.4. The van der Waals surface area contributed by atoms with Crippen LogP contribution in [0, 0.1) is 10.1 Å². The summed E-state index contributed by atoms with van der Waals surface area (Å²) >= 11 is 0. The van der Waals surface area contributed by atoms with Gasteiger partial charge in [0.25, 0.3) is 11.6 Å². The highest BCUT2D eigenvalue weighted by Gasteiger charge is 2.21. The molecule has 1 amide bonds. The van der Waals surface area contributed by atoms with E-state index in [4.69, 9.17) is 4.74 Å². The third kappa shape index (κ3) is 4.87. The second-order valence-corrected chi connectivity index (χ2v) is 5.49. The van der Waals surface area contributed by atoms with Gasteiger partial charge in [-0.05, 0) is 31.5 Å². The molecule has 0 saturated carbocycles. The predicted octanol–water partition coefficient (Wildman–Crippen LogP) is 3.02. The van der Waals surface area contributed by atoms with Gasteiger partial charge in [0, 0.05) is 12.1 Å². The molecule has 0 bridgehead atoms. The van der Waals surface area contributed by atoms with Gasteiger partial charge in [-0.15, -0.1) is 0 Å². The number of nitro groups is 1. The van der Waals surface area contributed by atoms with Crippen molar-refractivity contribution in [1.82, 2.24) is 5.32 Å². The molecule has 0 aromatic heterocycles. The standard InChI is InChI=1S/C18H18N2O5/c1-12(14-6-4-3-5-7-14)19-17(21)13(2)25-18(22)15-8-10-16(11-9-15)20(23)24/h3-13H,1-2H3,(H,19,21). The monoisotopic (exact) mass is 342 g/mol. The fourth-order valence-corrected chi connectivity index (χ4v) is 2.16. The third-order valence-corrected chi connectivity index (χ3v) is 3.63. The number of amides is 1. The van der Waals surface area contributed by atoms with E-state index in [0.29, 0.717) is 0 Å². The summed E-state index contributed by atoms with van der Waals surface area (Å²) in [5.41, 5.74) is 0.949. The number of rotatable bonds is 6. The normalized spacial score (nSPS) is 12.7. The molecule has 25 heavy (non-hydrogen) atoms. The van der Waals surface area contributed by atoms with Gasteiger partial charge in [-0.25, -0.2) is 4.79 Å². The molecule has 0 aliphatic rings. The van der Waals surface area contributed by atoms with E-state index in [1.165, 1.54) is 31.2 Å². The summed E-state index contributed by atoms with van der Waals surface area (Å²) in [6.07, 6.45) is -0.992. The van der Waals surface area contributed by atoms with E-state index >= 15 is 0 Å². The molecule has 2 rings (SSSR count). The molecule has 0 aliphatic heterocycles. The van der Waals surface area contributed by atoms with Crippen LogP contribution in [0.3, 0.4) is 0 Å². The lowest BCUT2D eigenvalue weighted by molar-refractivity contribution is -0.384. The first-order chi connectivity index (χ1) is 11.9. The van der Waals surface area contributed by atoms with Crippen molar-refractivity contribution in [3.63, 3.8) is 0 Å². The number of hydrogen-bond donors (Lipinski definition) is 1. The molecule has 0 saturated heterocycles. The van der Waals surface area contributed by atoms with Crippen LogP contribution in [0.5, 0.6) is 0 Å². The number of ether oxygens (including phenoxy) is 1. The predicted molar refractivity (Wildman–Crippen MR) is 91.0 cm³/mol. The van der Waals surface area contributed by atoms with Crippen LogP contribution in [0.4, 0.5) is 5.69 Å². The van der Waals surface area contributed by atoms with Crippen molar-refractivity contribution in [3.05, 3.63) is 75.8 Å². The molecular formula is C18H18N2O5. The van der Waals surface area contributed by atoms with Gasteiger partial charge in [-0.1, -0.05) is 30.3 Å². The van der Waals surface area contributed by atoms with Gasteiger partial charge in [0.15, 0.2) is 6.10 Å². The fourth-order valence-electron chi connectivity index (χ4n) is 2.16. The number of non-ortho nitro benzene ring substituents is 1.